The summed E-state index contributed by atoms with van der Waals surface area (Å²) in [6.45, 7) is 3.64. The fourth-order valence-corrected chi connectivity index (χ4v) is 2.96. The summed E-state index contributed by atoms with van der Waals surface area (Å²) < 4.78 is 0. The van der Waals surface area contributed by atoms with Gasteiger partial charge in [0.1, 0.15) is 5.69 Å². The van der Waals surface area contributed by atoms with Gasteiger partial charge in [-0.1, -0.05) is 30.3 Å². The van der Waals surface area contributed by atoms with Gasteiger partial charge in [-0.05, 0) is 37.3 Å². The van der Waals surface area contributed by atoms with Crippen molar-refractivity contribution in [3.63, 3.8) is 0 Å². The maximum Gasteiger partial charge on any atom is 0.267 e. The number of nitrogens with zero attached hydrogens (tertiary/aromatic N) is 3. The van der Waals surface area contributed by atoms with Gasteiger partial charge in [0, 0.05) is 18.8 Å². The molecule has 0 bridgehead atoms. The zero-order valence-electron chi connectivity index (χ0n) is 12.7. The largest absolute Gasteiger partial charge is 0.364 e. The van der Waals surface area contributed by atoms with Gasteiger partial charge in [0.25, 0.3) is 5.91 Å². The van der Waals surface area contributed by atoms with Gasteiger partial charge in [-0.25, -0.2) is 9.97 Å². The van der Waals surface area contributed by atoms with Gasteiger partial charge in [-0.2, -0.15) is 0 Å². The van der Waals surface area contributed by atoms with Crippen molar-refractivity contribution in [2.24, 2.45) is 5.73 Å². The first-order valence-electron chi connectivity index (χ1n) is 7.59. The van der Waals surface area contributed by atoms with Gasteiger partial charge < -0.3 is 10.6 Å². The van der Waals surface area contributed by atoms with E-state index < -0.39 is 5.91 Å². The SMILES string of the molecule is Cc1cc(C(N)=O)nc(N2CCC(c3ccccc3)CC2)n1. The Kier molecular flexibility index (Phi) is 4.04. The Morgan fingerprint density at radius 2 is 1.86 bits per heavy atom. The van der Waals surface area contributed by atoms with E-state index in [0.29, 0.717) is 11.9 Å². The summed E-state index contributed by atoms with van der Waals surface area (Å²) in [5.41, 5.74) is 7.78. The number of anilines is 1. The monoisotopic (exact) mass is 296 g/mol. The Hall–Kier alpha value is -2.43. The molecule has 0 unspecified atom stereocenters. The minimum absolute atomic E-state index is 0.285. The predicted octanol–water partition coefficient (Wildman–Crippen LogP) is 2.27. The number of aryl methyl sites for hydroxylation is 1. The first-order chi connectivity index (χ1) is 10.6. The van der Waals surface area contributed by atoms with Crippen LogP contribution in [0.2, 0.25) is 0 Å². The Morgan fingerprint density at radius 3 is 2.50 bits per heavy atom. The predicted molar refractivity (Wildman–Crippen MR) is 85.9 cm³/mol. The molecular formula is C17H20N4O. The van der Waals surface area contributed by atoms with E-state index in [0.717, 1.165) is 31.6 Å². The molecule has 1 aliphatic heterocycles. The highest BCUT2D eigenvalue weighted by Crippen LogP contribution is 2.29. The zero-order valence-corrected chi connectivity index (χ0v) is 12.7. The van der Waals surface area contributed by atoms with Crippen LogP contribution in [0.25, 0.3) is 0 Å². The molecule has 2 aromatic rings. The highest BCUT2D eigenvalue weighted by atomic mass is 16.1. The zero-order chi connectivity index (χ0) is 15.5. The third kappa shape index (κ3) is 3.08. The molecule has 1 aliphatic rings. The van der Waals surface area contributed by atoms with E-state index in [1.807, 2.05) is 13.0 Å². The van der Waals surface area contributed by atoms with E-state index in [1.54, 1.807) is 6.07 Å². The van der Waals surface area contributed by atoms with E-state index in [4.69, 9.17) is 5.73 Å². The summed E-state index contributed by atoms with van der Waals surface area (Å²) >= 11 is 0. The summed E-state index contributed by atoms with van der Waals surface area (Å²) in [6, 6.07) is 12.2. The van der Waals surface area contributed by atoms with Crippen molar-refractivity contribution in [2.75, 3.05) is 18.0 Å². The quantitative estimate of drug-likeness (QED) is 0.943. The fourth-order valence-electron chi connectivity index (χ4n) is 2.96. The Labute approximate surface area is 130 Å². The molecule has 0 atom stereocenters. The molecule has 5 nitrogen and oxygen atoms in total. The van der Waals surface area contributed by atoms with Gasteiger partial charge in [0.05, 0.1) is 0 Å². The lowest BCUT2D eigenvalue weighted by molar-refractivity contribution is 0.0995. The molecule has 114 valence electrons. The van der Waals surface area contributed by atoms with Crippen molar-refractivity contribution in [1.29, 1.82) is 0 Å². The summed E-state index contributed by atoms with van der Waals surface area (Å²) in [4.78, 5) is 22.2. The highest BCUT2D eigenvalue weighted by Gasteiger charge is 2.22. The third-order valence-corrected chi connectivity index (χ3v) is 4.14. The molecule has 0 aliphatic carbocycles. The molecule has 1 aromatic carbocycles. The van der Waals surface area contributed by atoms with Crippen LogP contribution in [0.4, 0.5) is 5.95 Å². The molecule has 1 fully saturated rings. The molecule has 0 saturated carbocycles. The van der Waals surface area contributed by atoms with Crippen LogP contribution in [0, 0.1) is 6.92 Å². The second kappa shape index (κ2) is 6.13. The van der Waals surface area contributed by atoms with Crippen LogP contribution in [0.1, 0.15) is 40.5 Å². The van der Waals surface area contributed by atoms with E-state index in [9.17, 15) is 4.79 Å². The maximum atomic E-state index is 11.3. The number of carbonyl (C=O) groups excluding carboxylic acids is 1. The topological polar surface area (TPSA) is 72.1 Å². The van der Waals surface area contributed by atoms with Gasteiger partial charge in [-0.15, -0.1) is 0 Å². The van der Waals surface area contributed by atoms with Crippen LogP contribution < -0.4 is 10.6 Å². The number of hydrogen-bond acceptors (Lipinski definition) is 4. The molecule has 1 amide bonds. The number of hydrogen-bond donors (Lipinski definition) is 1. The molecule has 2 heterocycles. The second-order valence-corrected chi connectivity index (χ2v) is 5.73. The first-order valence-corrected chi connectivity index (χ1v) is 7.59. The summed E-state index contributed by atoms with van der Waals surface area (Å²) in [7, 11) is 0. The number of benzene rings is 1. The Morgan fingerprint density at radius 1 is 1.18 bits per heavy atom. The normalized spacial score (nSPS) is 15.8. The standard InChI is InChI=1S/C17H20N4O/c1-12-11-15(16(18)22)20-17(19-12)21-9-7-14(8-10-21)13-5-3-2-4-6-13/h2-6,11,14H,7-10H2,1H3,(H2,18,22). The van der Waals surface area contributed by atoms with Crippen LogP contribution in [-0.2, 0) is 0 Å². The van der Waals surface area contributed by atoms with Gasteiger partial charge >= 0.3 is 0 Å². The molecule has 1 saturated heterocycles. The third-order valence-electron chi connectivity index (χ3n) is 4.14. The lowest BCUT2D eigenvalue weighted by Gasteiger charge is -2.32. The molecule has 0 radical (unpaired) electrons. The van der Waals surface area contributed by atoms with Gasteiger partial charge in [0.15, 0.2) is 0 Å². The van der Waals surface area contributed by atoms with E-state index in [-0.39, 0.29) is 5.69 Å². The van der Waals surface area contributed by atoms with Crippen LogP contribution >= 0.6 is 0 Å². The number of primary amides is 1. The minimum Gasteiger partial charge on any atom is -0.364 e. The van der Waals surface area contributed by atoms with Crippen molar-refractivity contribution in [2.45, 2.75) is 25.7 Å². The number of piperidine rings is 1. The Balaban J connectivity index is 1.73. The van der Waals surface area contributed by atoms with E-state index >= 15 is 0 Å². The molecule has 2 N–H and O–H groups in total. The van der Waals surface area contributed by atoms with Crippen LogP contribution in [0.15, 0.2) is 36.4 Å². The maximum absolute atomic E-state index is 11.3. The van der Waals surface area contributed by atoms with Crippen molar-refractivity contribution < 1.29 is 4.79 Å². The molecular weight excluding hydrogens is 276 g/mol. The fraction of sp³-hybridized carbons (Fsp3) is 0.353. The van der Waals surface area contributed by atoms with Gasteiger partial charge in [-0.3, -0.25) is 4.79 Å². The van der Waals surface area contributed by atoms with Crippen LogP contribution in [0.3, 0.4) is 0 Å². The summed E-state index contributed by atoms with van der Waals surface area (Å²) in [6.07, 6.45) is 2.13. The number of nitrogens with two attached hydrogens (primary N) is 1. The second-order valence-electron chi connectivity index (χ2n) is 5.73. The van der Waals surface area contributed by atoms with Crippen molar-refractivity contribution in [3.8, 4) is 0 Å². The lowest BCUT2D eigenvalue weighted by atomic mass is 9.90. The summed E-state index contributed by atoms with van der Waals surface area (Å²) in [5.74, 6) is 0.684. The first kappa shape index (κ1) is 14.5. The number of carbonyl (C=O) groups is 1. The van der Waals surface area contributed by atoms with Crippen molar-refractivity contribution >= 4 is 11.9 Å². The van der Waals surface area contributed by atoms with Crippen molar-refractivity contribution in [1.82, 2.24) is 9.97 Å². The van der Waals surface area contributed by atoms with Gasteiger partial charge in [0.2, 0.25) is 5.95 Å². The number of aromatic nitrogens is 2. The van der Waals surface area contributed by atoms with Crippen LogP contribution in [-0.4, -0.2) is 29.0 Å². The molecule has 3 rings (SSSR count). The van der Waals surface area contributed by atoms with Crippen LogP contribution in [0.5, 0.6) is 0 Å². The molecule has 1 aromatic heterocycles. The average molecular weight is 296 g/mol. The minimum atomic E-state index is -0.508. The molecule has 5 heteroatoms. The van der Waals surface area contributed by atoms with E-state index in [2.05, 4.69) is 39.1 Å². The molecule has 0 spiro atoms. The Bertz CT molecular complexity index is 664. The number of rotatable bonds is 3. The van der Waals surface area contributed by atoms with E-state index in [1.165, 1.54) is 5.56 Å². The highest BCUT2D eigenvalue weighted by molar-refractivity contribution is 5.91. The molecule has 22 heavy (non-hydrogen) atoms. The van der Waals surface area contributed by atoms with Crippen molar-refractivity contribution in [3.05, 3.63) is 53.3 Å². The number of amides is 1. The smallest absolute Gasteiger partial charge is 0.267 e. The average Bonchev–Trinajstić information content (AvgIpc) is 2.55. The lowest BCUT2D eigenvalue weighted by Crippen LogP contribution is -2.34. The summed E-state index contributed by atoms with van der Waals surface area (Å²) in [5, 5.41) is 0.